The summed E-state index contributed by atoms with van der Waals surface area (Å²) in [4.78, 5) is 15.8. The fourth-order valence-electron chi connectivity index (χ4n) is 3.22. The summed E-state index contributed by atoms with van der Waals surface area (Å²) < 4.78 is 33.9. The molecule has 0 bridgehead atoms. The second-order valence-electron chi connectivity index (χ2n) is 6.57. The van der Waals surface area contributed by atoms with Crippen LogP contribution in [0.5, 0.6) is 11.5 Å². The van der Waals surface area contributed by atoms with Crippen LogP contribution in [0.4, 0.5) is 20.2 Å². The van der Waals surface area contributed by atoms with Gasteiger partial charge in [-0.3, -0.25) is 4.79 Å². The molecule has 2 aromatic rings. The maximum absolute atomic E-state index is 12.3. The van der Waals surface area contributed by atoms with Crippen LogP contribution in [0.2, 0.25) is 0 Å². The van der Waals surface area contributed by atoms with E-state index in [1.165, 1.54) is 17.0 Å². The smallest absolute Gasteiger partial charge is 0.387 e. The number of anilines is 2. The Kier molecular flexibility index (Phi) is 6.65. The van der Waals surface area contributed by atoms with E-state index in [-0.39, 0.29) is 11.7 Å². The predicted molar refractivity (Wildman–Crippen MR) is 102 cm³/mol. The number of benzene rings is 2. The monoisotopic (exact) mass is 392 g/mol. The molecular weight excluding hydrogens is 368 g/mol. The number of nitrogens with zero attached hydrogens (tertiary/aromatic N) is 1. The standard InChI is InChI=1S/C20H23F2N3O3/c1-27-18-4-2-3-16(13-18)25-11-9-24(10-12-25)14-19(26)23-15-5-7-17(8-6-15)28-20(21)22/h2-8,13,20H,9-12,14H2,1H3,(H,23,26)/p+1. The summed E-state index contributed by atoms with van der Waals surface area (Å²) in [5.74, 6) is 0.788. The highest BCUT2D eigenvalue weighted by Gasteiger charge is 2.22. The molecule has 1 amide bonds. The Balaban J connectivity index is 1.45. The van der Waals surface area contributed by atoms with Gasteiger partial charge in [-0.05, 0) is 36.4 Å². The van der Waals surface area contributed by atoms with Crippen molar-refractivity contribution in [1.82, 2.24) is 0 Å². The van der Waals surface area contributed by atoms with Gasteiger partial charge in [-0.15, -0.1) is 0 Å². The van der Waals surface area contributed by atoms with Gasteiger partial charge in [-0.25, -0.2) is 0 Å². The van der Waals surface area contributed by atoms with Gasteiger partial charge >= 0.3 is 6.61 Å². The quantitative estimate of drug-likeness (QED) is 0.752. The molecule has 2 N–H and O–H groups in total. The summed E-state index contributed by atoms with van der Waals surface area (Å²) in [5, 5.41) is 2.79. The van der Waals surface area contributed by atoms with E-state index in [1.807, 2.05) is 18.2 Å². The van der Waals surface area contributed by atoms with Gasteiger partial charge in [0, 0.05) is 17.4 Å². The van der Waals surface area contributed by atoms with Gasteiger partial charge in [0.25, 0.3) is 5.91 Å². The van der Waals surface area contributed by atoms with Crippen molar-refractivity contribution in [2.45, 2.75) is 6.61 Å². The minimum atomic E-state index is -2.86. The Bertz CT molecular complexity index is 779. The molecule has 150 valence electrons. The lowest BCUT2D eigenvalue weighted by Crippen LogP contribution is -3.15. The second kappa shape index (κ2) is 9.36. The van der Waals surface area contributed by atoms with Gasteiger partial charge in [0.05, 0.1) is 33.3 Å². The fourth-order valence-corrected chi connectivity index (χ4v) is 3.22. The number of halogens is 2. The molecule has 0 saturated carbocycles. The molecule has 8 heteroatoms. The summed E-state index contributed by atoms with van der Waals surface area (Å²) in [6, 6.07) is 13.9. The Morgan fingerprint density at radius 1 is 1.14 bits per heavy atom. The fraction of sp³-hybridized carbons (Fsp3) is 0.350. The van der Waals surface area contributed by atoms with E-state index in [2.05, 4.69) is 21.0 Å². The molecule has 1 saturated heterocycles. The predicted octanol–water partition coefficient (Wildman–Crippen LogP) is 1.64. The Labute approximate surface area is 162 Å². The van der Waals surface area contributed by atoms with Crippen LogP contribution in [0.3, 0.4) is 0 Å². The van der Waals surface area contributed by atoms with Crippen LogP contribution in [-0.4, -0.2) is 52.4 Å². The number of hydrogen-bond acceptors (Lipinski definition) is 4. The van der Waals surface area contributed by atoms with Gasteiger partial charge in [-0.1, -0.05) is 6.07 Å². The van der Waals surface area contributed by atoms with E-state index in [9.17, 15) is 13.6 Å². The van der Waals surface area contributed by atoms with Gasteiger partial charge < -0.3 is 24.6 Å². The van der Waals surface area contributed by atoms with Crippen LogP contribution < -0.4 is 24.6 Å². The number of alkyl halides is 2. The Morgan fingerprint density at radius 2 is 1.86 bits per heavy atom. The summed E-state index contributed by atoms with van der Waals surface area (Å²) in [6.45, 7) is 0.920. The molecule has 0 unspecified atom stereocenters. The molecule has 0 aliphatic carbocycles. The number of hydrogen-bond donors (Lipinski definition) is 2. The van der Waals surface area contributed by atoms with Crippen molar-refractivity contribution in [3.63, 3.8) is 0 Å². The molecule has 0 atom stereocenters. The number of nitrogens with one attached hydrogen (secondary N) is 2. The van der Waals surface area contributed by atoms with Crippen molar-refractivity contribution in [2.24, 2.45) is 0 Å². The van der Waals surface area contributed by atoms with Crippen molar-refractivity contribution in [1.29, 1.82) is 0 Å². The van der Waals surface area contributed by atoms with Gasteiger partial charge in [-0.2, -0.15) is 8.78 Å². The zero-order valence-corrected chi connectivity index (χ0v) is 15.7. The number of rotatable bonds is 7. The zero-order chi connectivity index (χ0) is 19.9. The van der Waals surface area contributed by atoms with Crippen LogP contribution in [0.25, 0.3) is 0 Å². The van der Waals surface area contributed by atoms with Crippen molar-refractivity contribution in [3.8, 4) is 11.5 Å². The highest BCUT2D eigenvalue weighted by atomic mass is 19.3. The summed E-state index contributed by atoms with van der Waals surface area (Å²) in [7, 11) is 1.65. The SMILES string of the molecule is COc1cccc(N2CC[NH+](CC(=O)Nc3ccc(OC(F)F)cc3)CC2)c1. The number of quaternary nitrogens is 1. The molecule has 0 radical (unpaired) electrons. The molecule has 3 rings (SSSR count). The van der Waals surface area contributed by atoms with E-state index in [4.69, 9.17) is 4.74 Å². The van der Waals surface area contributed by atoms with Crippen molar-refractivity contribution < 1.29 is 27.9 Å². The number of carbonyl (C=O) groups excluding carboxylic acids is 1. The first-order chi connectivity index (χ1) is 13.5. The van der Waals surface area contributed by atoms with Crippen molar-refractivity contribution >= 4 is 17.3 Å². The Morgan fingerprint density at radius 3 is 2.50 bits per heavy atom. The number of amides is 1. The highest BCUT2D eigenvalue weighted by molar-refractivity contribution is 5.91. The van der Waals surface area contributed by atoms with Crippen LogP contribution >= 0.6 is 0 Å². The maximum Gasteiger partial charge on any atom is 0.387 e. The van der Waals surface area contributed by atoms with Crippen LogP contribution in [0, 0.1) is 0 Å². The largest absolute Gasteiger partial charge is 0.497 e. The first kappa shape index (κ1) is 19.9. The summed E-state index contributed by atoms with van der Waals surface area (Å²) in [5.41, 5.74) is 1.68. The topological polar surface area (TPSA) is 55.2 Å². The van der Waals surface area contributed by atoms with Crippen LogP contribution in [-0.2, 0) is 4.79 Å². The van der Waals surface area contributed by atoms with E-state index in [1.54, 1.807) is 19.2 Å². The van der Waals surface area contributed by atoms with Gasteiger partial charge in [0.15, 0.2) is 6.54 Å². The molecule has 1 aliphatic rings. The van der Waals surface area contributed by atoms with E-state index < -0.39 is 6.61 Å². The molecule has 2 aromatic carbocycles. The maximum atomic E-state index is 12.3. The molecule has 1 aliphatic heterocycles. The lowest BCUT2D eigenvalue weighted by atomic mass is 10.2. The van der Waals surface area contributed by atoms with Crippen molar-refractivity contribution in [2.75, 3.05) is 50.1 Å². The third kappa shape index (κ3) is 5.56. The molecule has 1 heterocycles. The van der Waals surface area contributed by atoms with E-state index in [0.717, 1.165) is 37.6 Å². The normalized spacial score (nSPS) is 14.8. The summed E-state index contributed by atoms with van der Waals surface area (Å²) >= 11 is 0. The van der Waals surface area contributed by atoms with E-state index >= 15 is 0 Å². The molecular formula is C20H24F2N3O3+. The lowest BCUT2D eigenvalue weighted by Gasteiger charge is -2.33. The van der Waals surface area contributed by atoms with Crippen LogP contribution in [0.15, 0.2) is 48.5 Å². The molecule has 6 nitrogen and oxygen atoms in total. The number of carbonyl (C=O) groups is 1. The van der Waals surface area contributed by atoms with Crippen molar-refractivity contribution in [3.05, 3.63) is 48.5 Å². The number of piperazine rings is 1. The van der Waals surface area contributed by atoms with Gasteiger partial charge in [0.2, 0.25) is 0 Å². The molecule has 1 fully saturated rings. The highest BCUT2D eigenvalue weighted by Crippen LogP contribution is 2.21. The average Bonchev–Trinajstić information content (AvgIpc) is 2.69. The minimum Gasteiger partial charge on any atom is -0.497 e. The molecule has 0 spiro atoms. The number of methoxy groups -OCH3 is 1. The molecule has 28 heavy (non-hydrogen) atoms. The zero-order valence-electron chi connectivity index (χ0n) is 15.7. The minimum absolute atomic E-state index is 0.0623. The molecule has 0 aromatic heterocycles. The lowest BCUT2D eigenvalue weighted by molar-refractivity contribution is -0.892. The van der Waals surface area contributed by atoms with E-state index in [0.29, 0.717) is 12.2 Å². The first-order valence-electron chi connectivity index (χ1n) is 9.11. The van der Waals surface area contributed by atoms with Gasteiger partial charge in [0.1, 0.15) is 11.5 Å². The Hall–Kier alpha value is -2.87. The number of ether oxygens (including phenoxy) is 2. The summed E-state index contributed by atoms with van der Waals surface area (Å²) in [6.07, 6.45) is 0. The van der Waals surface area contributed by atoms with Crippen LogP contribution in [0.1, 0.15) is 0 Å². The second-order valence-corrected chi connectivity index (χ2v) is 6.57. The average molecular weight is 392 g/mol. The first-order valence-corrected chi connectivity index (χ1v) is 9.11. The third-order valence-electron chi connectivity index (χ3n) is 4.66. The third-order valence-corrected chi connectivity index (χ3v) is 4.66.